The van der Waals surface area contributed by atoms with Gasteiger partial charge in [-0.3, -0.25) is 4.90 Å². The molecule has 6 heteroatoms. The zero-order valence-electron chi connectivity index (χ0n) is 29.2. The third-order valence-electron chi connectivity index (χ3n) is 13.6. The molecule has 0 aromatic heterocycles. The Morgan fingerprint density at radius 3 is 2.41 bits per heavy atom. The van der Waals surface area contributed by atoms with E-state index in [9.17, 15) is 19.8 Å². The summed E-state index contributed by atoms with van der Waals surface area (Å²) in [7, 11) is 0. The lowest BCUT2D eigenvalue weighted by molar-refractivity contribution is -0.160. The van der Waals surface area contributed by atoms with Crippen molar-refractivity contribution in [3.8, 4) is 0 Å². The van der Waals surface area contributed by atoms with E-state index in [0.717, 1.165) is 63.2 Å². The molecule has 3 saturated carbocycles. The Bertz CT molecular complexity index is 1120. The lowest BCUT2D eigenvalue weighted by atomic mass is 9.46. The molecule has 9 atom stereocenters. The van der Waals surface area contributed by atoms with E-state index in [-0.39, 0.29) is 11.3 Å². The fourth-order valence-corrected chi connectivity index (χ4v) is 11.5. The van der Waals surface area contributed by atoms with Crippen molar-refractivity contribution in [3.63, 3.8) is 0 Å². The molecule has 1 aliphatic heterocycles. The first-order valence-electron chi connectivity index (χ1n) is 18.1. The van der Waals surface area contributed by atoms with E-state index in [1.54, 1.807) is 4.90 Å². The molecule has 1 saturated heterocycles. The molecule has 0 aromatic carbocycles. The monoisotopic (exact) mass is 613 g/mol. The average Bonchev–Trinajstić information content (AvgIpc) is 3.28. The Kier molecular flexibility index (Phi) is 9.15. The fourth-order valence-electron chi connectivity index (χ4n) is 11.5. The summed E-state index contributed by atoms with van der Waals surface area (Å²) in [4.78, 5) is 28.2. The number of ether oxygens (including phenoxy) is 1. The second-order valence-electron chi connectivity index (χ2n) is 17.9. The molecule has 4 aliphatic carbocycles. The zero-order valence-corrected chi connectivity index (χ0v) is 29.2. The number of aliphatic carboxylic acids is 1. The van der Waals surface area contributed by atoms with Crippen LogP contribution in [-0.2, 0) is 9.53 Å². The first-order chi connectivity index (χ1) is 20.4. The second-order valence-corrected chi connectivity index (χ2v) is 17.9. The van der Waals surface area contributed by atoms with Crippen LogP contribution in [0.1, 0.15) is 145 Å². The summed E-state index contributed by atoms with van der Waals surface area (Å²) in [6.07, 6.45) is 16.5. The van der Waals surface area contributed by atoms with Crippen LogP contribution in [0.25, 0.3) is 0 Å². The standard InChI is InChI=1S/C38H63NO5/c1-25(12-11-19-35(5,6)43)29-15-16-30-28-14-13-26-24-27(17-21-36(26,7)31(28)18-22-37(29,30)8)38(32(40)41)20-9-10-23-39(38)33(42)44-34(2,3)4/h13,25,27-31,43H,9-12,14-24H2,1-8H3,(H,40,41)/t25?,27-,28-,29+,30-,31-,36-,37+,38-/m0/s1. The smallest absolute Gasteiger partial charge is 0.411 e. The number of piperidine rings is 1. The highest BCUT2D eigenvalue weighted by molar-refractivity contribution is 5.85. The van der Waals surface area contributed by atoms with Gasteiger partial charge in [0.2, 0.25) is 0 Å². The van der Waals surface area contributed by atoms with Crippen LogP contribution in [0.15, 0.2) is 11.6 Å². The van der Waals surface area contributed by atoms with Crippen molar-refractivity contribution in [2.24, 2.45) is 46.3 Å². The van der Waals surface area contributed by atoms with Crippen LogP contribution in [0.2, 0.25) is 0 Å². The predicted octanol–water partition coefficient (Wildman–Crippen LogP) is 9.00. The van der Waals surface area contributed by atoms with Gasteiger partial charge in [-0.2, -0.15) is 0 Å². The largest absolute Gasteiger partial charge is 0.479 e. The number of rotatable bonds is 7. The van der Waals surface area contributed by atoms with Crippen LogP contribution in [-0.4, -0.2) is 50.5 Å². The first-order valence-corrected chi connectivity index (χ1v) is 18.1. The van der Waals surface area contributed by atoms with Gasteiger partial charge in [-0.25, -0.2) is 9.59 Å². The fraction of sp³-hybridized carbons (Fsp3) is 0.895. The molecule has 1 amide bonds. The van der Waals surface area contributed by atoms with Gasteiger partial charge in [0.25, 0.3) is 0 Å². The SMILES string of the molecule is CC(CCCC(C)(C)O)[C@H]1CC[C@H]2[C@@H]3CC=C4C[C@@H]([C@]5(C(=O)O)CCCCN5C(=O)OC(C)(C)C)CC[C@]4(C)[C@H]3CC[C@]12C. The van der Waals surface area contributed by atoms with Crippen molar-refractivity contribution < 1.29 is 24.5 Å². The number of carbonyl (C=O) groups excluding carboxylic acids is 1. The molecule has 0 bridgehead atoms. The van der Waals surface area contributed by atoms with Crippen LogP contribution in [0.3, 0.4) is 0 Å². The van der Waals surface area contributed by atoms with E-state index < -0.39 is 28.8 Å². The Labute approximate surface area is 267 Å². The molecule has 5 aliphatic rings. The maximum absolute atomic E-state index is 13.4. The van der Waals surface area contributed by atoms with Gasteiger partial charge in [0.05, 0.1) is 5.60 Å². The molecule has 44 heavy (non-hydrogen) atoms. The summed E-state index contributed by atoms with van der Waals surface area (Å²) in [5.41, 5.74) is -0.419. The summed E-state index contributed by atoms with van der Waals surface area (Å²) < 4.78 is 5.78. The quantitative estimate of drug-likeness (QED) is 0.280. The Morgan fingerprint density at radius 1 is 1.02 bits per heavy atom. The molecular weight excluding hydrogens is 550 g/mol. The van der Waals surface area contributed by atoms with Crippen LogP contribution >= 0.6 is 0 Å². The van der Waals surface area contributed by atoms with E-state index in [0.29, 0.717) is 36.1 Å². The van der Waals surface area contributed by atoms with E-state index in [1.165, 1.54) is 37.7 Å². The lowest BCUT2D eigenvalue weighted by Gasteiger charge is -2.60. The van der Waals surface area contributed by atoms with Crippen LogP contribution in [0, 0.1) is 46.3 Å². The molecule has 0 aromatic rings. The van der Waals surface area contributed by atoms with Gasteiger partial charge in [-0.15, -0.1) is 0 Å². The van der Waals surface area contributed by atoms with Crippen LogP contribution in [0.4, 0.5) is 4.79 Å². The number of allylic oxidation sites excluding steroid dienone is 2. The lowest BCUT2D eigenvalue weighted by Crippen LogP contribution is -2.65. The summed E-state index contributed by atoms with van der Waals surface area (Å²) in [5, 5.41) is 21.1. The normalized spacial score (nSPS) is 39.9. The number of amides is 1. The zero-order chi connectivity index (χ0) is 32.3. The minimum absolute atomic E-state index is 0.0850. The number of carbonyl (C=O) groups is 2. The highest BCUT2D eigenvalue weighted by Gasteiger charge is 2.62. The number of carboxylic acid groups (broad SMARTS) is 1. The molecule has 4 fully saturated rings. The maximum atomic E-state index is 13.4. The molecule has 0 radical (unpaired) electrons. The van der Waals surface area contributed by atoms with Crippen molar-refractivity contribution in [2.75, 3.05) is 6.54 Å². The number of likely N-dealkylation sites (tertiary alicyclic amines) is 1. The van der Waals surface area contributed by atoms with Crippen molar-refractivity contribution in [1.29, 1.82) is 0 Å². The third-order valence-corrected chi connectivity index (χ3v) is 13.6. The summed E-state index contributed by atoms with van der Waals surface area (Å²) >= 11 is 0. The number of nitrogens with zero attached hydrogens (tertiary/aromatic N) is 1. The van der Waals surface area contributed by atoms with Gasteiger partial charge < -0.3 is 14.9 Å². The molecule has 2 N–H and O–H groups in total. The third kappa shape index (κ3) is 5.99. The van der Waals surface area contributed by atoms with Gasteiger partial charge in [0.1, 0.15) is 11.1 Å². The van der Waals surface area contributed by atoms with Crippen LogP contribution < -0.4 is 0 Å². The highest BCUT2D eigenvalue weighted by atomic mass is 16.6. The van der Waals surface area contributed by atoms with E-state index >= 15 is 0 Å². The minimum atomic E-state index is -1.19. The number of carboxylic acids is 1. The van der Waals surface area contributed by atoms with Crippen molar-refractivity contribution >= 4 is 12.1 Å². The molecule has 1 heterocycles. The molecule has 6 nitrogen and oxygen atoms in total. The summed E-state index contributed by atoms with van der Waals surface area (Å²) in [6.45, 7) is 17.5. The average molecular weight is 614 g/mol. The summed E-state index contributed by atoms with van der Waals surface area (Å²) in [6, 6.07) is 0. The maximum Gasteiger partial charge on any atom is 0.411 e. The van der Waals surface area contributed by atoms with Crippen LogP contribution in [0.5, 0.6) is 0 Å². The van der Waals surface area contributed by atoms with Crippen molar-refractivity contribution in [2.45, 2.75) is 162 Å². The Balaban J connectivity index is 1.34. The molecule has 0 spiro atoms. The number of hydrogen-bond acceptors (Lipinski definition) is 4. The second kappa shape index (κ2) is 11.9. The molecule has 250 valence electrons. The van der Waals surface area contributed by atoms with E-state index in [4.69, 9.17) is 4.74 Å². The van der Waals surface area contributed by atoms with Gasteiger partial charge in [-0.1, -0.05) is 45.3 Å². The highest BCUT2D eigenvalue weighted by Crippen LogP contribution is 2.68. The Morgan fingerprint density at radius 2 is 1.75 bits per heavy atom. The van der Waals surface area contributed by atoms with E-state index in [2.05, 4.69) is 26.8 Å². The predicted molar refractivity (Wildman–Crippen MR) is 175 cm³/mol. The van der Waals surface area contributed by atoms with Gasteiger partial charge in [0, 0.05) is 6.54 Å². The molecule has 5 rings (SSSR count). The van der Waals surface area contributed by atoms with Crippen molar-refractivity contribution in [3.05, 3.63) is 11.6 Å². The number of aliphatic hydroxyl groups is 1. The number of hydrogen-bond donors (Lipinski definition) is 2. The summed E-state index contributed by atoms with van der Waals surface area (Å²) in [5.74, 6) is 2.67. The van der Waals surface area contributed by atoms with Gasteiger partial charge in [0.15, 0.2) is 0 Å². The molecule has 1 unspecified atom stereocenters. The van der Waals surface area contributed by atoms with E-state index in [1.807, 2.05) is 34.6 Å². The number of fused-ring (bicyclic) bond motifs is 5. The molecular formula is C38H63NO5. The Hall–Kier alpha value is -1.56. The first kappa shape index (κ1) is 33.8. The topological polar surface area (TPSA) is 87.1 Å². The van der Waals surface area contributed by atoms with Gasteiger partial charge in [-0.05, 0) is 158 Å². The van der Waals surface area contributed by atoms with Gasteiger partial charge >= 0.3 is 12.1 Å². The minimum Gasteiger partial charge on any atom is -0.479 e. The van der Waals surface area contributed by atoms with Crippen molar-refractivity contribution in [1.82, 2.24) is 4.90 Å².